The Balaban J connectivity index is 2.54. The highest BCUT2D eigenvalue weighted by Crippen LogP contribution is 2.05. The van der Waals surface area contributed by atoms with Gasteiger partial charge in [-0.15, -0.1) is 0 Å². The zero-order valence-corrected chi connectivity index (χ0v) is 9.82. The Morgan fingerprint density at radius 3 is 2.44 bits per heavy atom. The van der Waals surface area contributed by atoms with Crippen LogP contribution in [0.2, 0.25) is 0 Å². The first-order valence-corrected chi connectivity index (χ1v) is 5.54. The Morgan fingerprint density at radius 2 is 1.94 bits per heavy atom. The second-order valence-electron chi connectivity index (χ2n) is 4.05. The smallest absolute Gasteiger partial charge is 0.254 e. The minimum Gasteiger partial charge on any atom is -0.338 e. The number of hydrogen-bond donors (Lipinski definition) is 0. The second kappa shape index (κ2) is 6.26. The molecule has 2 nitrogen and oxygen atoms in total. The van der Waals surface area contributed by atoms with E-state index in [2.05, 4.69) is 0 Å². The quantitative estimate of drug-likeness (QED) is 0.750. The Morgan fingerprint density at radius 1 is 1.31 bits per heavy atom. The minimum atomic E-state index is -0.910. The van der Waals surface area contributed by atoms with Gasteiger partial charge in [0, 0.05) is 12.6 Å². The first kappa shape index (κ1) is 12.7. The summed E-state index contributed by atoms with van der Waals surface area (Å²) in [4.78, 5) is 12.9. The van der Waals surface area contributed by atoms with Crippen LogP contribution in [0.4, 0.5) is 4.39 Å². The fourth-order valence-electron chi connectivity index (χ4n) is 1.64. The molecule has 0 atom stereocenters. The molecule has 0 aliphatic carbocycles. The average Bonchev–Trinajstić information content (AvgIpc) is 2.30. The van der Waals surface area contributed by atoms with Crippen LogP contribution in [-0.4, -0.2) is 30.1 Å². The Labute approximate surface area is 96.1 Å². The maximum absolute atomic E-state index is 12.3. The summed E-state index contributed by atoms with van der Waals surface area (Å²) in [5.41, 5.74) is 1.17. The SMILES string of the molecule is CC(C)N(CCc1ccccc1)C(=O)CF. The van der Waals surface area contributed by atoms with Crippen LogP contribution < -0.4 is 0 Å². The molecule has 0 heterocycles. The molecule has 1 aromatic carbocycles. The van der Waals surface area contributed by atoms with Gasteiger partial charge < -0.3 is 4.90 Å². The van der Waals surface area contributed by atoms with Gasteiger partial charge in [-0.1, -0.05) is 30.3 Å². The average molecular weight is 223 g/mol. The van der Waals surface area contributed by atoms with Gasteiger partial charge in [0.25, 0.3) is 5.91 Å². The fourth-order valence-corrected chi connectivity index (χ4v) is 1.64. The molecule has 0 aromatic heterocycles. The summed E-state index contributed by atoms with van der Waals surface area (Å²) in [6, 6.07) is 9.96. The van der Waals surface area contributed by atoms with Crippen molar-refractivity contribution in [3.05, 3.63) is 35.9 Å². The molecule has 0 aliphatic heterocycles. The van der Waals surface area contributed by atoms with Crippen LogP contribution in [0.5, 0.6) is 0 Å². The van der Waals surface area contributed by atoms with Crippen LogP contribution >= 0.6 is 0 Å². The Kier molecular flexibility index (Phi) is 4.96. The lowest BCUT2D eigenvalue weighted by atomic mass is 10.1. The zero-order chi connectivity index (χ0) is 12.0. The van der Waals surface area contributed by atoms with E-state index in [9.17, 15) is 9.18 Å². The van der Waals surface area contributed by atoms with E-state index in [1.54, 1.807) is 4.90 Å². The van der Waals surface area contributed by atoms with E-state index in [-0.39, 0.29) is 6.04 Å². The summed E-state index contributed by atoms with van der Waals surface area (Å²) in [5, 5.41) is 0. The summed E-state index contributed by atoms with van der Waals surface area (Å²) in [6.07, 6.45) is 0.769. The van der Waals surface area contributed by atoms with Crippen LogP contribution in [0, 0.1) is 0 Å². The van der Waals surface area contributed by atoms with Crippen molar-refractivity contribution in [1.29, 1.82) is 0 Å². The van der Waals surface area contributed by atoms with Crippen LogP contribution in [0.25, 0.3) is 0 Å². The molecule has 0 aliphatic rings. The molecular weight excluding hydrogens is 205 g/mol. The molecule has 0 spiro atoms. The number of nitrogens with zero attached hydrogens (tertiary/aromatic N) is 1. The highest BCUT2D eigenvalue weighted by atomic mass is 19.1. The third kappa shape index (κ3) is 3.65. The monoisotopic (exact) mass is 223 g/mol. The molecule has 1 amide bonds. The molecule has 0 unspecified atom stereocenters. The molecular formula is C13H18FNO. The molecule has 88 valence electrons. The number of carbonyl (C=O) groups is 1. The third-order valence-corrected chi connectivity index (χ3v) is 2.54. The van der Waals surface area contributed by atoms with E-state index in [0.29, 0.717) is 6.54 Å². The lowest BCUT2D eigenvalue weighted by Crippen LogP contribution is -2.39. The predicted octanol–water partition coefficient (Wildman–Crippen LogP) is 2.44. The summed E-state index contributed by atoms with van der Waals surface area (Å²) < 4.78 is 12.3. The van der Waals surface area contributed by atoms with Gasteiger partial charge in [-0.2, -0.15) is 0 Å². The fraction of sp³-hybridized carbons (Fsp3) is 0.462. The van der Waals surface area contributed by atoms with Gasteiger partial charge in [0.05, 0.1) is 0 Å². The lowest BCUT2D eigenvalue weighted by Gasteiger charge is -2.25. The second-order valence-corrected chi connectivity index (χ2v) is 4.05. The minimum absolute atomic E-state index is 0.0481. The standard InChI is InChI=1S/C13H18FNO/c1-11(2)15(13(16)10-14)9-8-12-6-4-3-5-7-12/h3-7,11H,8-10H2,1-2H3. The van der Waals surface area contributed by atoms with E-state index in [1.165, 1.54) is 5.56 Å². The Bertz CT molecular complexity index is 324. The molecule has 1 aromatic rings. The van der Waals surface area contributed by atoms with Gasteiger partial charge in [-0.3, -0.25) is 4.79 Å². The number of halogens is 1. The largest absolute Gasteiger partial charge is 0.338 e. The number of alkyl halides is 1. The van der Waals surface area contributed by atoms with Crippen LogP contribution in [0.1, 0.15) is 19.4 Å². The number of amides is 1. The highest BCUT2D eigenvalue weighted by Gasteiger charge is 2.15. The van der Waals surface area contributed by atoms with Crippen molar-refractivity contribution in [1.82, 2.24) is 4.90 Å². The maximum atomic E-state index is 12.3. The summed E-state index contributed by atoms with van der Waals surface area (Å²) in [7, 11) is 0. The molecule has 3 heteroatoms. The third-order valence-electron chi connectivity index (χ3n) is 2.54. The molecule has 0 N–H and O–H groups in total. The van der Waals surface area contributed by atoms with Crippen LogP contribution in [0.15, 0.2) is 30.3 Å². The molecule has 16 heavy (non-hydrogen) atoms. The van der Waals surface area contributed by atoms with E-state index in [1.807, 2.05) is 44.2 Å². The van der Waals surface area contributed by atoms with E-state index >= 15 is 0 Å². The van der Waals surface area contributed by atoms with E-state index in [4.69, 9.17) is 0 Å². The number of benzene rings is 1. The first-order valence-electron chi connectivity index (χ1n) is 5.54. The predicted molar refractivity (Wildman–Crippen MR) is 63.0 cm³/mol. The highest BCUT2D eigenvalue weighted by molar-refractivity contribution is 5.77. The summed E-state index contributed by atoms with van der Waals surface area (Å²) in [5.74, 6) is -0.425. The van der Waals surface area contributed by atoms with Gasteiger partial charge in [0.2, 0.25) is 0 Å². The lowest BCUT2D eigenvalue weighted by molar-refractivity contribution is -0.133. The van der Waals surface area contributed by atoms with Gasteiger partial charge in [-0.05, 0) is 25.8 Å². The normalized spacial score (nSPS) is 10.5. The first-order chi connectivity index (χ1) is 7.65. The van der Waals surface area contributed by atoms with Crippen LogP contribution in [0.3, 0.4) is 0 Å². The van der Waals surface area contributed by atoms with Crippen LogP contribution in [-0.2, 0) is 11.2 Å². The van der Waals surface area contributed by atoms with Gasteiger partial charge >= 0.3 is 0 Å². The molecule has 1 rings (SSSR count). The summed E-state index contributed by atoms with van der Waals surface area (Å²) in [6.45, 7) is 3.47. The van der Waals surface area contributed by atoms with Crippen molar-refractivity contribution in [2.45, 2.75) is 26.3 Å². The van der Waals surface area contributed by atoms with Gasteiger partial charge in [-0.25, -0.2) is 4.39 Å². The molecule has 0 saturated carbocycles. The molecule has 0 bridgehead atoms. The van der Waals surface area contributed by atoms with E-state index < -0.39 is 12.6 Å². The van der Waals surface area contributed by atoms with Crippen molar-refractivity contribution >= 4 is 5.91 Å². The number of carbonyl (C=O) groups excluding carboxylic acids is 1. The van der Waals surface area contributed by atoms with Crippen molar-refractivity contribution in [3.8, 4) is 0 Å². The molecule has 0 saturated heterocycles. The molecule has 0 radical (unpaired) electrons. The Hall–Kier alpha value is -1.38. The zero-order valence-electron chi connectivity index (χ0n) is 9.82. The van der Waals surface area contributed by atoms with Crippen molar-refractivity contribution in [2.24, 2.45) is 0 Å². The van der Waals surface area contributed by atoms with E-state index in [0.717, 1.165) is 6.42 Å². The number of rotatable bonds is 5. The number of hydrogen-bond acceptors (Lipinski definition) is 1. The maximum Gasteiger partial charge on any atom is 0.254 e. The molecule has 0 fully saturated rings. The van der Waals surface area contributed by atoms with Gasteiger partial charge in [0.1, 0.15) is 0 Å². The van der Waals surface area contributed by atoms with Gasteiger partial charge in [0.15, 0.2) is 6.67 Å². The van der Waals surface area contributed by atoms with Crippen molar-refractivity contribution < 1.29 is 9.18 Å². The summed E-state index contributed by atoms with van der Waals surface area (Å²) >= 11 is 0. The topological polar surface area (TPSA) is 20.3 Å². The van der Waals surface area contributed by atoms with Crippen molar-refractivity contribution in [3.63, 3.8) is 0 Å². The van der Waals surface area contributed by atoms with Crippen molar-refractivity contribution in [2.75, 3.05) is 13.2 Å².